The molecule has 0 saturated carbocycles. The van der Waals surface area contributed by atoms with Crippen molar-refractivity contribution in [2.45, 2.75) is 76.8 Å². The van der Waals surface area contributed by atoms with E-state index in [9.17, 15) is 9.90 Å². The fourth-order valence-corrected chi connectivity index (χ4v) is 5.65. The van der Waals surface area contributed by atoms with Crippen molar-refractivity contribution in [3.8, 4) is 0 Å². The molecule has 2 aliphatic heterocycles. The maximum Gasteiger partial charge on any atom is 0.266 e. The van der Waals surface area contributed by atoms with Gasteiger partial charge in [-0.3, -0.25) is 9.69 Å². The lowest BCUT2D eigenvalue weighted by molar-refractivity contribution is -0.0677. The third-order valence-corrected chi connectivity index (χ3v) is 7.01. The predicted molar refractivity (Wildman–Crippen MR) is 117 cm³/mol. The second kappa shape index (κ2) is 7.36. The van der Waals surface area contributed by atoms with Gasteiger partial charge in [-0.25, -0.2) is 4.68 Å². The molecule has 2 aliphatic rings. The fourth-order valence-electron chi connectivity index (χ4n) is 5.65. The Labute approximate surface area is 176 Å². The highest BCUT2D eigenvalue weighted by atomic mass is 16.3. The third kappa shape index (κ3) is 3.38. The number of nitrogens with zero attached hydrogens (tertiary/aromatic N) is 4. The number of aryl methyl sites for hydroxylation is 2. The Morgan fingerprint density at radius 2 is 1.87 bits per heavy atom. The lowest BCUT2D eigenvalue weighted by atomic mass is 9.85. The van der Waals surface area contributed by atoms with E-state index < -0.39 is 5.60 Å². The highest BCUT2D eigenvalue weighted by Gasteiger charge is 2.47. The van der Waals surface area contributed by atoms with Crippen LogP contribution >= 0.6 is 0 Å². The smallest absolute Gasteiger partial charge is 0.266 e. The number of piperidine rings is 1. The summed E-state index contributed by atoms with van der Waals surface area (Å²) in [6.07, 6.45) is 5.89. The van der Waals surface area contributed by atoms with E-state index in [2.05, 4.69) is 52.0 Å². The Morgan fingerprint density at radius 1 is 1.13 bits per heavy atom. The minimum Gasteiger partial charge on any atom is -0.388 e. The largest absolute Gasteiger partial charge is 0.388 e. The van der Waals surface area contributed by atoms with Crippen LogP contribution in [0.2, 0.25) is 0 Å². The Hall–Kier alpha value is -2.44. The zero-order valence-electron chi connectivity index (χ0n) is 17.8. The van der Waals surface area contributed by atoms with Gasteiger partial charge in [-0.1, -0.05) is 18.2 Å². The van der Waals surface area contributed by atoms with E-state index in [1.165, 1.54) is 21.1 Å². The summed E-state index contributed by atoms with van der Waals surface area (Å²) in [5.74, 6) is 0. The van der Waals surface area contributed by atoms with Crippen molar-refractivity contribution in [1.29, 1.82) is 0 Å². The number of benzene rings is 1. The molecule has 2 fully saturated rings. The molecule has 0 unspecified atom stereocenters. The number of aromatic nitrogens is 3. The first-order valence-electron chi connectivity index (χ1n) is 11.1. The Morgan fingerprint density at radius 3 is 2.60 bits per heavy atom. The standard InChI is InChI=1S/C24H30N4O2/c1-3-26-14-18(21-6-4-5-7-22(21)26)15-27-19-9-10-20(27)13-24(30,12-19)16-28-23(29)11-8-17(2)25-28/h4-8,11,14,19-20,30H,3,9-10,12-13,15-16H2,1-2H3/t19-,20-/m1/s1. The lowest BCUT2D eigenvalue weighted by Gasteiger charge is -2.43. The molecule has 1 aromatic carbocycles. The highest BCUT2D eigenvalue weighted by molar-refractivity contribution is 5.83. The van der Waals surface area contributed by atoms with Gasteiger partial charge in [0.05, 0.1) is 17.8 Å². The molecule has 30 heavy (non-hydrogen) atoms. The molecular weight excluding hydrogens is 376 g/mol. The summed E-state index contributed by atoms with van der Waals surface area (Å²) in [6, 6.07) is 12.6. The van der Waals surface area contributed by atoms with Gasteiger partial charge in [0.1, 0.15) is 0 Å². The van der Waals surface area contributed by atoms with Gasteiger partial charge < -0.3 is 9.67 Å². The van der Waals surface area contributed by atoms with Crippen molar-refractivity contribution in [3.05, 3.63) is 64.2 Å². The van der Waals surface area contributed by atoms with Gasteiger partial charge in [-0.15, -0.1) is 0 Å². The van der Waals surface area contributed by atoms with Crippen LogP contribution in [0.3, 0.4) is 0 Å². The summed E-state index contributed by atoms with van der Waals surface area (Å²) in [4.78, 5) is 14.8. The molecule has 1 N–H and O–H groups in total. The molecule has 3 aromatic rings. The molecule has 4 heterocycles. The van der Waals surface area contributed by atoms with Crippen LogP contribution in [0.4, 0.5) is 0 Å². The van der Waals surface area contributed by atoms with Crippen LogP contribution in [-0.4, -0.2) is 42.0 Å². The second-order valence-corrected chi connectivity index (χ2v) is 9.12. The molecule has 6 nitrogen and oxygen atoms in total. The van der Waals surface area contributed by atoms with E-state index in [1.807, 2.05) is 6.92 Å². The van der Waals surface area contributed by atoms with Gasteiger partial charge in [0, 0.05) is 48.3 Å². The molecular formula is C24H30N4O2. The molecule has 2 bridgehead atoms. The average molecular weight is 407 g/mol. The summed E-state index contributed by atoms with van der Waals surface area (Å²) < 4.78 is 3.77. The molecule has 6 heteroatoms. The van der Waals surface area contributed by atoms with Crippen molar-refractivity contribution in [1.82, 2.24) is 19.2 Å². The molecule has 0 aliphatic carbocycles. The van der Waals surface area contributed by atoms with Crippen LogP contribution < -0.4 is 5.56 Å². The van der Waals surface area contributed by atoms with Gasteiger partial charge >= 0.3 is 0 Å². The van der Waals surface area contributed by atoms with Gasteiger partial charge in [-0.2, -0.15) is 5.10 Å². The van der Waals surface area contributed by atoms with Crippen molar-refractivity contribution < 1.29 is 5.11 Å². The number of hydrogen-bond acceptors (Lipinski definition) is 4. The van der Waals surface area contributed by atoms with Gasteiger partial charge in [0.2, 0.25) is 0 Å². The third-order valence-electron chi connectivity index (χ3n) is 7.01. The molecule has 2 atom stereocenters. The minimum atomic E-state index is -0.871. The average Bonchev–Trinajstić information content (AvgIpc) is 3.20. The molecule has 2 aromatic heterocycles. The van der Waals surface area contributed by atoms with Crippen molar-refractivity contribution in [2.75, 3.05) is 0 Å². The van der Waals surface area contributed by atoms with Crippen LogP contribution in [0.25, 0.3) is 10.9 Å². The zero-order valence-corrected chi connectivity index (χ0v) is 17.8. The zero-order chi connectivity index (χ0) is 20.9. The Kier molecular flexibility index (Phi) is 4.79. The molecule has 158 valence electrons. The fraction of sp³-hybridized carbons (Fsp3) is 0.500. The normalized spacial score (nSPS) is 26.5. The number of para-hydroxylation sites is 1. The summed E-state index contributed by atoms with van der Waals surface area (Å²) in [7, 11) is 0. The first kappa shape index (κ1) is 19.5. The topological polar surface area (TPSA) is 63.3 Å². The lowest BCUT2D eigenvalue weighted by Crippen LogP contribution is -2.53. The molecule has 0 amide bonds. The van der Waals surface area contributed by atoms with Gasteiger partial charge in [0.25, 0.3) is 5.56 Å². The predicted octanol–water partition coefficient (Wildman–Crippen LogP) is 3.08. The van der Waals surface area contributed by atoms with Crippen LogP contribution in [0.15, 0.2) is 47.4 Å². The van der Waals surface area contributed by atoms with Crippen molar-refractivity contribution in [3.63, 3.8) is 0 Å². The van der Waals surface area contributed by atoms with Crippen molar-refractivity contribution in [2.24, 2.45) is 0 Å². The van der Waals surface area contributed by atoms with Crippen molar-refractivity contribution >= 4 is 10.9 Å². The summed E-state index contributed by atoms with van der Waals surface area (Å²) in [5, 5.41) is 17.1. The van der Waals surface area contributed by atoms with E-state index in [-0.39, 0.29) is 12.1 Å². The van der Waals surface area contributed by atoms with E-state index >= 15 is 0 Å². The molecule has 0 radical (unpaired) electrons. The molecule has 5 rings (SSSR count). The summed E-state index contributed by atoms with van der Waals surface area (Å²) in [5.41, 5.74) is 2.44. The quantitative estimate of drug-likeness (QED) is 0.707. The molecule has 2 saturated heterocycles. The summed E-state index contributed by atoms with van der Waals surface area (Å²) in [6.45, 7) is 6.22. The monoisotopic (exact) mass is 406 g/mol. The summed E-state index contributed by atoms with van der Waals surface area (Å²) >= 11 is 0. The van der Waals surface area contributed by atoms with E-state index in [0.29, 0.717) is 24.9 Å². The second-order valence-electron chi connectivity index (χ2n) is 9.12. The number of fused-ring (bicyclic) bond motifs is 3. The van der Waals surface area contributed by atoms with Gasteiger partial charge in [0.15, 0.2) is 0 Å². The minimum absolute atomic E-state index is 0.142. The Balaban J connectivity index is 1.37. The Bertz CT molecular complexity index is 1120. The highest BCUT2D eigenvalue weighted by Crippen LogP contribution is 2.42. The number of aliphatic hydroxyl groups is 1. The van der Waals surface area contributed by atoms with E-state index in [0.717, 1.165) is 31.6 Å². The van der Waals surface area contributed by atoms with Crippen LogP contribution in [0.5, 0.6) is 0 Å². The SMILES string of the molecule is CCn1cc(CN2[C@@H]3CC[C@@H]2CC(O)(Cn2nc(C)ccc2=O)C3)c2ccccc21. The maximum absolute atomic E-state index is 12.2. The van der Waals surface area contributed by atoms with Crippen LogP contribution in [0, 0.1) is 6.92 Å². The van der Waals surface area contributed by atoms with Crippen LogP contribution in [-0.2, 0) is 19.6 Å². The number of hydrogen-bond donors (Lipinski definition) is 1. The first-order valence-corrected chi connectivity index (χ1v) is 11.1. The first-order chi connectivity index (χ1) is 14.5. The van der Waals surface area contributed by atoms with E-state index in [1.54, 1.807) is 12.1 Å². The van der Waals surface area contributed by atoms with E-state index in [4.69, 9.17) is 0 Å². The number of rotatable bonds is 5. The van der Waals surface area contributed by atoms with Gasteiger partial charge in [-0.05, 0) is 57.2 Å². The molecule has 0 spiro atoms. The van der Waals surface area contributed by atoms with Crippen LogP contribution in [0.1, 0.15) is 43.9 Å². The maximum atomic E-state index is 12.2.